The van der Waals surface area contributed by atoms with Crippen molar-refractivity contribution >= 4 is 44.0 Å². The predicted octanol–water partition coefficient (Wildman–Crippen LogP) is 7.85. The van der Waals surface area contributed by atoms with Crippen LogP contribution in [-0.2, 0) is 6.42 Å². The summed E-state index contributed by atoms with van der Waals surface area (Å²) in [5.41, 5.74) is 4.48. The van der Waals surface area contributed by atoms with Crippen molar-refractivity contribution in [3.8, 4) is 0 Å². The monoisotopic (exact) mass is 398 g/mol. The van der Waals surface area contributed by atoms with Gasteiger partial charge in [-0.3, -0.25) is 0 Å². The first-order valence-corrected chi connectivity index (χ1v) is 11.5. The van der Waals surface area contributed by atoms with E-state index in [0.29, 0.717) is 0 Å². The summed E-state index contributed by atoms with van der Waals surface area (Å²) in [6.45, 7) is 0. The summed E-state index contributed by atoms with van der Waals surface area (Å²) >= 11 is 0. The van der Waals surface area contributed by atoms with Crippen LogP contribution >= 0.6 is 0 Å². The van der Waals surface area contributed by atoms with Gasteiger partial charge in [0, 0.05) is 0 Å². The van der Waals surface area contributed by atoms with E-state index < -0.39 is 0 Å². The van der Waals surface area contributed by atoms with Crippen molar-refractivity contribution < 1.29 is 0 Å². The quantitative estimate of drug-likeness (QED) is 0.249. The van der Waals surface area contributed by atoms with Gasteiger partial charge in [-0.1, -0.05) is 103 Å². The number of allylic oxidation sites excluding steroid dienone is 1. The summed E-state index contributed by atoms with van der Waals surface area (Å²) in [5.74, 6) is 0. The number of hydrogen-bond acceptors (Lipinski definition) is 0. The number of rotatable bonds is 0. The van der Waals surface area contributed by atoms with Crippen LogP contribution in [-0.4, -0.2) is 0 Å². The fourth-order valence-electron chi connectivity index (χ4n) is 5.45. The molecule has 0 N–H and O–H groups in total. The number of benzene rings is 5. The maximum Gasteiger partial charge on any atom is -0.00329 e. The van der Waals surface area contributed by atoms with E-state index in [1.54, 1.807) is 5.57 Å². The highest BCUT2D eigenvalue weighted by molar-refractivity contribution is 6.10. The van der Waals surface area contributed by atoms with Crippen molar-refractivity contribution in [1.29, 1.82) is 0 Å². The molecule has 0 aliphatic heterocycles. The molecule has 5 aromatic carbocycles. The molecule has 0 amide bonds. The van der Waals surface area contributed by atoms with Gasteiger partial charge in [0.1, 0.15) is 0 Å². The minimum absolute atomic E-state index is 1.08. The molecule has 31 heavy (non-hydrogen) atoms. The topological polar surface area (TPSA) is 0 Å². The van der Waals surface area contributed by atoms with E-state index >= 15 is 0 Å². The van der Waals surface area contributed by atoms with Gasteiger partial charge in [-0.25, -0.2) is 0 Å². The lowest BCUT2D eigenvalue weighted by Crippen LogP contribution is -2.05. The van der Waals surface area contributed by atoms with Gasteiger partial charge in [0.2, 0.25) is 0 Å². The van der Waals surface area contributed by atoms with Crippen LogP contribution in [0.3, 0.4) is 0 Å². The van der Waals surface area contributed by atoms with Crippen LogP contribution in [0.25, 0.3) is 44.0 Å². The van der Waals surface area contributed by atoms with E-state index in [9.17, 15) is 0 Å². The van der Waals surface area contributed by atoms with Crippen LogP contribution in [0.2, 0.25) is 0 Å². The molecule has 150 valence electrons. The molecular weight excluding hydrogens is 372 g/mol. The Morgan fingerprint density at radius 1 is 0.548 bits per heavy atom. The normalized spacial score (nSPS) is 14.9. The van der Waals surface area contributed by atoms with Crippen molar-refractivity contribution in [2.24, 2.45) is 0 Å². The highest BCUT2D eigenvalue weighted by Crippen LogP contribution is 2.29. The zero-order valence-corrected chi connectivity index (χ0v) is 17.8. The van der Waals surface area contributed by atoms with Gasteiger partial charge in [0.05, 0.1) is 0 Å². The Bertz CT molecular complexity index is 1460. The zero-order valence-electron chi connectivity index (χ0n) is 17.8. The van der Waals surface area contributed by atoms with E-state index in [4.69, 9.17) is 0 Å². The van der Waals surface area contributed by atoms with E-state index in [1.807, 2.05) is 0 Å². The van der Waals surface area contributed by atoms with Crippen LogP contribution in [0.1, 0.15) is 36.8 Å². The minimum atomic E-state index is 1.08. The Kier molecular flexibility index (Phi) is 4.57. The van der Waals surface area contributed by atoms with E-state index in [0.717, 1.165) is 6.42 Å². The molecule has 0 spiro atoms. The van der Waals surface area contributed by atoms with Crippen LogP contribution in [0, 0.1) is 0 Å². The Labute approximate surface area is 183 Å². The summed E-state index contributed by atoms with van der Waals surface area (Å²) in [6.07, 6.45) is 10.8. The molecular formula is C31H26. The first kappa shape index (κ1) is 18.4. The Morgan fingerprint density at radius 2 is 1.19 bits per heavy atom. The fourth-order valence-corrected chi connectivity index (χ4v) is 5.45. The third-order valence-corrected chi connectivity index (χ3v) is 6.90. The molecule has 0 heterocycles. The lowest BCUT2D eigenvalue weighted by molar-refractivity contribution is 0.886. The Balaban J connectivity index is 0.000000126. The second kappa shape index (κ2) is 7.71. The molecule has 0 unspecified atom stereocenters. The fraction of sp³-hybridized carbons (Fsp3) is 0.161. The first-order chi connectivity index (χ1) is 15.4. The van der Waals surface area contributed by atoms with Crippen molar-refractivity contribution in [3.05, 3.63) is 107 Å². The van der Waals surface area contributed by atoms with Gasteiger partial charge in [-0.05, 0) is 80.8 Å². The number of hydrogen-bond donors (Lipinski definition) is 0. The lowest BCUT2D eigenvalue weighted by atomic mass is 9.93. The summed E-state index contributed by atoms with van der Waals surface area (Å²) in [7, 11) is 0. The van der Waals surface area contributed by atoms with Crippen LogP contribution in [0.15, 0.2) is 91.0 Å². The first-order valence-electron chi connectivity index (χ1n) is 11.5. The molecule has 0 bridgehead atoms. The minimum Gasteiger partial charge on any atom is -0.0795 e. The molecule has 0 saturated heterocycles. The summed E-state index contributed by atoms with van der Waals surface area (Å²) in [6, 6.07) is 30.9. The van der Waals surface area contributed by atoms with Gasteiger partial charge in [0.25, 0.3) is 0 Å². The molecule has 2 aliphatic rings. The van der Waals surface area contributed by atoms with Gasteiger partial charge < -0.3 is 0 Å². The van der Waals surface area contributed by atoms with Crippen LogP contribution < -0.4 is 5.22 Å². The van der Waals surface area contributed by atoms with Crippen molar-refractivity contribution in [3.63, 3.8) is 0 Å². The van der Waals surface area contributed by atoms with Crippen LogP contribution in [0.4, 0.5) is 0 Å². The van der Waals surface area contributed by atoms with Crippen molar-refractivity contribution in [2.75, 3.05) is 0 Å². The van der Waals surface area contributed by atoms with Crippen molar-refractivity contribution in [1.82, 2.24) is 0 Å². The molecule has 0 atom stereocenters. The predicted molar refractivity (Wildman–Crippen MR) is 135 cm³/mol. The average Bonchev–Trinajstić information content (AvgIpc) is 3.36. The van der Waals surface area contributed by atoms with E-state index in [1.165, 1.54) is 74.3 Å². The molecule has 0 aromatic heterocycles. The van der Waals surface area contributed by atoms with Crippen LogP contribution in [0.5, 0.6) is 0 Å². The Hall–Kier alpha value is -3.38. The summed E-state index contributed by atoms with van der Waals surface area (Å²) in [5, 5.41) is 9.92. The van der Waals surface area contributed by atoms with Gasteiger partial charge in [-0.15, -0.1) is 0 Å². The largest absolute Gasteiger partial charge is 0.0795 e. The SMILES string of the molecule is C1=Cc2cccc3cccc(c23)C1.c1cc2cccc3c(=C4CCCC4)ccc(c1)c23. The molecule has 7 rings (SSSR count). The molecule has 0 nitrogen and oxygen atoms in total. The average molecular weight is 399 g/mol. The maximum absolute atomic E-state index is 2.33. The molecule has 2 aliphatic carbocycles. The summed E-state index contributed by atoms with van der Waals surface area (Å²) in [4.78, 5) is 0. The second-order valence-corrected chi connectivity index (χ2v) is 8.78. The highest BCUT2D eigenvalue weighted by Gasteiger charge is 2.10. The molecule has 0 radical (unpaired) electrons. The second-order valence-electron chi connectivity index (χ2n) is 8.78. The zero-order chi connectivity index (χ0) is 20.6. The standard InChI is InChI=1S/C18H16.C13H10/c1-2-6-13(5-1)16-12-11-15-8-3-7-14-9-4-10-17(16)18(14)15;1-4-10-6-2-8-12-9-3-7-11(5-1)13(10)12/h3-4,7-12H,1-2,5-6H2;1-8H,9H2. The Morgan fingerprint density at radius 3 is 2.00 bits per heavy atom. The van der Waals surface area contributed by atoms with Gasteiger partial charge >= 0.3 is 0 Å². The maximum atomic E-state index is 2.33. The highest BCUT2D eigenvalue weighted by atomic mass is 14.1. The van der Waals surface area contributed by atoms with Crippen molar-refractivity contribution in [2.45, 2.75) is 32.1 Å². The third kappa shape index (κ3) is 3.24. The molecule has 5 aromatic rings. The molecule has 0 heteroatoms. The third-order valence-electron chi connectivity index (χ3n) is 6.90. The lowest BCUT2D eigenvalue weighted by Gasteiger charge is -2.11. The summed E-state index contributed by atoms with van der Waals surface area (Å²) < 4.78 is 0. The van der Waals surface area contributed by atoms with E-state index in [-0.39, 0.29) is 0 Å². The van der Waals surface area contributed by atoms with Gasteiger partial charge in [-0.2, -0.15) is 0 Å². The molecule has 1 saturated carbocycles. The van der Waals surface area contributed by atoms with Gasteiger partial charge in [0.15, 0.2) is 0 Å². The molecule has 1 fully saturated rings. The smallest absolute Gasteiger partial charge is 0.00329 e. The van der Waals surface area contributed by atoms with E-state index in [2.05, 4.69) is 97.1 Å².